The first kappa shape index (κ1) is 14.0. The lowest BCUT2D eigenvalue weighted by atomic mass is 10.1. The maximum Gasteiger partial charge on any atom is 0.141 e. The first-order valence-corrected chi connectivity index (χ1v) is 8.27. The molecule has 0 aliphatic heterocycles. The van der Waals surface area contributed by atoms with Gasteiger partial charge in [0.2, 0.25) is 0 Å². The van der Waals surface area contributed by atoms with Crippen LogP contribution in [0.3, 0.4) is 0 Å². The second-order valence-electron chi connectivity index (χ2n) is 4.21. The number of rotatable bonds is 3. The summed E-state index contributed by atoms with van der Waals surface area (Å²) in [7, 11) is 1.46. The molecule has 3 rings (SSSR count). The minimum atomic E-state index is -0.827. The van der Waals surface area contributed by atoms with Crippen LogP contribution in [-0.4, -0.2) is 12.2 Å². The molecule has 0 fully saturated rings. The Kier molecular flexibility index (Phi) is 3.81. The van der Waals surface area contributed by atoms with Gasteiger partial charge in [-0.2, -0.15) is 0 Å². The Morgan fingerprint density at radius 1 is 1.30 bits per heavy atom. The first-order chi connectivity index (χ1) is 9.60. The molecule has 3 aromatic rings. The van der Waals surface area contributed by atoms with E-state index in [-0.39, 0.29) is 0 Å². The zero-order chi connectivity index (χ0) is 14.3. The van der Waals surface area contributed by atoms with Crippen molar-refractivity contribution in [3.05, 3.63) is 50.4 Å². The Morgan fingerprint density at radius 2 is 2.10 bits per heavy atom. The molecular weight excluding hydrogens is 363 g/mol. The Balaban J connectivity index is 2.07. The SMILES string of the molecule is COc1cc(F)c(Br)cc1C(O)c1cc2sccc2s1. The summed E-state index contributed by atoms with van der Waals surface area (Å²) in [4.78, 5) is 0.823. The van der Waals surface area contributed by atoms with Crippen molar-refractivity contribution in [1.29, 1.82) is 0 Å². The summed E-state index contributed by atoms with van der Waals surface area (Å²) in [6.45, 7) is 0. The average molecular weight is 373 g/mol. The molecule has 0 radical (unpaired) electrons. The van der Waals surface area contributed by atoms with E-state index >= 15 is 0 Å². The standard InChI is InChI=1S/C14H10BrFO2S2/c1-18-10-5-9(16)8(15)4-7(10)14(17)13-6-12-11(20-13)2-3-19-12/h2-6,14,17H,1H3. The lowest BCUT2D eigenvalue weighted by Gasteiger charge is -2.14. The van der Waals surface area contributed by atoms with Gasteiger partial charge in [-0.3, -0.25) is 0 Å². The van der Waals surface area contributed by atoms with E-state index in [1.807, 2.05) is 17.5 Å². The molecule has 6 heteroatoms. The second-order valence-corrected chi connectivity index (χ2v) is 7.13. The number of fused-ring (bicyclic) bond motifs is 1. The molecule has 1 unspecified atom stereocenters. The Bertz CT molecular complexity index is 737. The number of benzene rings is 1. The third-order valence-electron chi connectivity index (χ3n) is 3.00. The smallest absolute Gasteiger partial charge is 0.141 e. The molecular formula is C14H10BrFO2S2. The normalized spacial score (nSPS) is 12.8. The van der Waals surface area contributed by atoms with Crippen molar-refractivity contribution >= 4 is 48.0 Å². The average Bonchev–Trinajstić information content (AvgIpc) is 3.01. The fourth-order valence-electron chi connectivity index (χ4n) is 2.01. The van der Waals surface area contributed by atoms with Gasteiger partial charge in [0, 0.05) is 25.9 Å². The highest BCUT2D eigenvalue weighted by molar-refractivity contribution is 9.10. The summed E-state index contributed by atoms with van der Waals surface area (Å²) in [6.07, 6.45) is -0.827. The van der Waals surface area contributed by atoms with E-state index in [9.17, 15) is 9.50 Å². The first-order valence-electron chi connectivity index (χ1n) is 5.78. The van der Waals surface area contributed by atoms with Crippen molar-refractivity contribution in [2.24, 2.45) is 0 Å². The molecule has 1 N–H and O–H groups in total. The molecule has 0 saturated carbocycles. The van der Waals surface area contributed by atoms with Crippen molar-refractivity contribution in [2.45, 2.75) is 6.10 Å². The van der Waals surface area contributed by atoms with Crippen LogP contribution in [0.5, 0.6) is 5.75 Å². The van der Waals surface area contributed by atoms with Gasteiger partial charge in [0.1, 0.15) is 17.7 Å². The minimum absolute atomic E-state index is 0.311. The van der Waals surface area contributed by atoms with Gasteiger partial charge < -0.3 is 9.84 Å². The highest BCUT2D eigenvalue weighted by atomic mass is 79.9. The quantitative estimate of drug-likeness (QED) is 0.704. The molecule has 1 atom stereocenters. The number of thiophene rings is 2. The number of aliphatic hydroxyl groups is 1. The fraction of sp³-hybridized carbons (Fsp3) is 0.143. The van der Waals surface area contributed by atoms with Crippen LogP contribution in [0.4, 0.5) is 4.39 Å². The number of hydrogen-bond donors (Lipinski definition) is 1. The van der Waals surface area contributed by atoms with Crippen LogP contribution in [0.25, 0.3) is 9.40 Å². The molecule has 0 bridgehead atoms. The lowest BCUT2D eigenvalue weighted by molar-refractivity contribution is 0.218. The van der Waals surface area contributed by atoms with Gasteiger partial charge in [-0.25, -0.2) is 4.39 Å². The van der Waals surface area contributed by atoms with E-state index in [0.29, 0.717) is 15.8 Å². The van der Waals surface area contributed by atoms with Crippen molar-refractivity contribution in [2.75, 3.05) is 7.11 Å². The van der Waals surface area contributed by atoms with Gasteiger partial charge in [-0.1, -0.05) is 0 Å². The van der Waals surface area contributed by atoms with Crippen LogP contribution in [0.1, 0.15) is 16.5 Å². The number of hydrogen-bond acceptors (Lipinski definition) is 4. The maximum atomic E-state index is 13.5. The topological polar surface area (TPSA) is 29.5 Å². The van der Waals surface area contributed by atoms with Crippen molar-refractivity contribution in [3.8, 4) is 5.75 Å². The Morgan fingerprint density at radius 3 is 2.80 bits per heavy atom. The van der Waals surface area contributed by atoms with Gasteiger partial charge >= 0.3 is 0 Å². The molecule has 2 aromatic heterocycles. The molecule has 2 nitrogen and oxygen atoms in total. The van der Waals surface area contributed by atoms with Crippen LogP contribution >= 0.6 is 38.6 Å². The van der Waals surface area contributed by atoms with E-state index in [2.05, 4.69) is 15.9 Å². The third-order valence-corrected chi connectivity index (χ3v) is 5.75. The van der Waals surface area contributed by atoms with E-state index in [1.54, 1.807) is 17.4 Å². The Hall–Kier alpha value is -0.950. The minimum Gasteiger partial charge on any atom is -0.496 e. The number of aliphatic hydroxyl groups excluding tert-OH is 1. The van der Waals surface area contributed by atoms with Crippen LogP contribution in [0.15, 0.2) is 34.1 Å². The molecule has 0 saturated heterocycles. The molecule has 1 aromatic carbocycles. The van der Waals surface area contributed by atoms with Crippen molar-refractivity contribution in [3.63, 3.8) is 0 Å². The zero-order valence-electron chi connectivity index (χ0n) is 10.4. The third kappa shape index (κ3) is 2.37. The van der Waals surface area contributed by atoms with Gasteiger partial charge in [-0.15, -0.1) is 22.7 Å². The highest BCUT2D eigenvalue weighted by Gasteiger charge is 2.20. The molecule has 0 amide bonds. The number of methoxy groups -OCH3 is 1. The van der Waals surface area contributed by atoms with E-state index < -0.39 is 11.9 Å². The summed E-state index contributed by atoms with van der Waals surface area (Å²) in [5, 5.41) is 12.6. The predicted molar refractivity (Wildman–Crippen MR) is 84.4 cm³/mol. The van der Waals surface area contributed by atoms with E-state index in [0.717, 1.165) is 14.3 Å². The fourth-order valence-corrected chi connectivity index (χ4v) is 4.49. The summed E-state index contributed by atoms with van der Waals surface area (Å²) in [5.41, 5.74) is 0.551. The van der Waals surface area contributed by atoms with Gasteiger partial charge in [0.25, 0.3) is 0 Å². The lowest BCUT2D eigenvalue weighted by Crippen LogP contribution is -2.01. The summed E-state index contributed by atoms with van der Waals surface area (Å²) in [5.74, 6) is -0.0695. The van der Waals surface area contributed by atoms with Crippen molar-refractivity contribution in [1.82, 2.24) is 0 Å². The molecule has 0 aliphatic rings. The monoisotopic (exact) mass is 372 g/mol. The molecule has 0 spiro atoms. The molecule has 20 heavy (non-hydrogen) atoms. The predicted octanol–water partition coefficient (Wildman–Crippen LogP) is 4.95. The summed E-state index contributed by atoms with van der Waals surface area (Å²) in [6, 6.07) is 6.83. The maximum absolute atomic E-state index is 13.5. The number of ether oxygens (including phenoxy) is 1. The van der Waals surface area contributed by atoms with Gasteiger partial charge in [0.05, 0.1) is 11.6 Å². The summed E-state index contributed by atoms with van der Waals surface area (Å²) >= 11 is 6.31. The highest BCUT2D eigenvalue weighted by Crippen LogP contribution is 2.39. The van der Waals surface area contributed by atoms with Gasteiger partial charge in [-0.05, 0) is 39.5 Å². The van der Waals surface area contributed by atoms with Crippen LogP contribution in [-0.2, 0) is 0 Å². The second kappa shape index (κ2) is 5.44. The molecule has 104 valence electrons. The van der Waals surface area contributed by atoms with Gasteiger partial charge in [0.15, 0.2) is 0 Å². The summed E-state index contributed by atoms with van der Waals surface area (Å²) < 4.78 is 21.3. The van der Waals surface area contributed by atoms with E-state index in [1.165, 1.54) is 24.5 Å². The molecule has 0 aliphatic carbocycles. The largest absolute Gasteiger partial charge is 0.496 e. The van der Waals surface area contributed by atoms with Crippen LogP contribution < -0.4 is 4.74 Å². The van der Waals surface area contributed by atoms with Crippen molar-refractivity contribution < 1.29 is 14.2 Å². The Labute approximate surface area is 131 Å². The van der Waals surface area contributed by atoms with Crippen LogP contribution in [0.2, 0.25) is 0 Å². The zero-order valence-corrected chi connectivity index (χ0v) is 13.6. The number of halogens is 2. The van der Waals surface area contributed by atoms with Crippen LogP contribution in [0, 0.1) is 5.82 Å². The van der Waals surface area contributed by atoms with E-state index in [4.69, 9.17) is 4.74 Å². The molecule has 2 heterocycles.